The van der Waals surface area contributed by atoms with Gasteiger partial charge in [0.25, 0.3) is 0 Å². The molecule has 0 radical (unpaired) electrons. The van der Waals surface area contributed by atoms with Gasteiger partial charge in [-0.3, -0.25) is 9.58 Å². The fourth-order valence-electron chi connectivity index (χ4n) is 3.93. The third-order valence-electron chi connectivity index (χ3n) is 5.23. The fraction of sp³-hybridized carbons (Fsp3) is 0.706. The van der Waals surface area contributed by atoms with Crippen molar-refractivity contribution in [2.24, 2.45) is 0 Å². The van der Waals surface area contributed by atoms with E-state index in [0.29, 0.717) is 12.0 Å². The summed E-state index contributed by atoms with van der Waals surface area (Å²) in [5, 5.41) is 16.7. The molecular weight excluding hydrogens is 338 g/mol. The Morgan fingerprint density at radius 2 is 2.00 bits per heavy atom. The molecule has 0 bridgehead atoms. The molecule has 2 aromatic heterocycles. The zero-order valence-corrected chi connectivity index (χ0v) is 15.9. The van der Waals surface area contributed by atoms with E-state index >= 15 is 0 Å². The molecular formula is C17H28ClN7. The smallest absolute Gasteiger partial charge is 0.147 e. The van der Waals surface area contributed by atoms with E-state index in [-0.39, 0.29) is 12.4 Å². The summed E-state index contributed by atoms with van der Waals surface area (Å²) in [7, 11) is 0. The Hall–Kier alpha value is -1.44. The lowest BCUT2D eigenvalue weighted by Crippen LogP contribution is -2.35. The van der Waals surface area contributed by atoms with E-state index in [0.717, 1.165) is 45.1 Å². The Labute approximate surface area is 155 Å². The van der Waals surface area contributed by atoms with Crippen LogP contribution in [0.3, 0.4) is 0 Å². The predicted octanol–water partition coefficient (Wildman–Crippen LogP) is 1.96. The first-order valence-corrected chi connectivity index (χ1v) is 9.10. The van der Waals surface area contributed by atoms with Crippen LogP contribution < -0.4 is 5.32 Å². The van der Waals surface area contributed by atoms with Crippen molar-refractivity contribution < 1.29 is 0 Å². The Balaban J connectivity index is 0.00000182. The Bertz CT molecular complexity index is 685. The summed E-state index contributed by atoms with van der Waals surface area (Å²) >= 11 is 0. The molecule has 0 saturated carbocycles. The highest BCUT2D eigenvalue weighted by molar-refractivity contribution is 5.85. The number of nitrogens with zero attached hydrogens (tertiary/aromatic N) is 6. The normalized spacial score (nSPS) is 19.0. The molecule has 0 spiro atoms. The van der Waals surface area contributed by atoms with Crippen molar-refractivity contribution in [3.05, 3.63) is 29.6 Å². The first kappa shape index (κ1) is 18.4. The van der Waals surface area contributed by atoms with Crippen molar-refractivity contribution in [1.82, 2.24) is 34.8 Å². The number of likely N-dealkylation sites (tertiary alicyclic amines) is 1. The maximum absolute atomic E-state index is 4.50. The highest BCUT2D eigenvalue weighted by Crippen LogP contribution is 2.28. The van der Waals surface area contributed by atoms with E-state index in [4.69, 9.17) is 0 Å². The molecule has 0 amide bonds. The molecule has 0 atom stereocenters. The second-order valence-electron chi connectivity index (χ2n) is 7.21. The van der Waals surface area contributed by atoms with E-state index in [1.165, 1.54) is 24.4 Å². The molecule has 0 aliphatic carbocycles. The molecule has 1 fully saturated rings. The molecule has 4 heterocycles. The lowest BCUT2D eigenvalue weighted by Gasteiger charge is -2.32. The van der Waals surface area contributed by atoms with Crippen molar-refractivity contribution in [2.45, 2.75) is 58.3 Å². The number of piperidine rings is 1. The lowest BCUT2D eigenvalue weighted by atomic mass is 9.95. The van der Waals surface area contributed by atoms with Gasteiger partial charge in [-0.25, -0.2) is 0 Å². The topological polar surface area (TPSA) is 63.8 Å². The fourth-order valence-corrected chi connectivity index (χ4v) is 3.93. The first-order valence-electron chi connectivity index (χ1n) is 9.10. The summed E-state index contributed by atoms with van der Waals surface area (Å²) in [5.74, 6) is 2.86. The number of hydrogen-bond acceptors (Lipinski definition) is 5. The van der Waals surface area contributed by atoms with Gasteiger partial charge in [-0.1, -0.05) is 0 Å². The molecule has 0 aromatic carbocycles. The van der Waals surface area contributed by atoms with E-state index in [1.54, 1.807) is 0 Å². The molecule has 2 aliphatic rings. The minimum absolute atomic E-state index is 0. The number of fused-ring (bicyclic) bond motifs is 1. The molecule has 8 heteroatoms. The van der Waals surface area contributed by atoms with Gasteiger partial charge < -0.3 is 9.88 Å². The van der Waals surface area contributed by atoms with Gasteiger partial charge in [-0.2, -0.15) is 5.10 Å². The average Bonchev–Trinajstić information content (AvgIpc) is 3.22. The summed E-state index contributed by atoms with van der Waals surface area (Å²) in [6, 6.07) is 2.57. The molecule has 2 aromatic rings. The van der Waals surface area contributed by atoms with Gasteiger partial charge in [0.1, 0.15) is 11.6 Å². The molecule has 7 nitrogen and oxygen atoms in total. The zero-order chi connectivity index (χ0) is 16.5. The second-order valence-corrected chi connectivity index (χ2v) is 7.21. The van der Waals surface area contributed by atoms with Gasteiger partial charge in [0.15, 0.2) is 0 Å². The maximum Gasteiger partial charge on any atom is 0.147 e. The highest BCUT2D eigenvalue weighted by atomic mass is 35.5. The number of hydrogen-bond donors (Lipinski definition) is 1. The predicted molar refractivity (Wildman–Crippen MR) is 98.8 cm³/mol. The highest BCUT2D eigenvalue weighted by Gasteiger charge is 2.27. The summed E-state index contributed by atoms with van der Waals surface area (Å²) in [5.41, 5.74) is 1.31. The lowest BCUT2D eigenvalue weighted by molar-refractivity contribution is 0.193. The van der Waals surface area contributed by atoms with Crippen molar-refractivity contribution in [3.8, 4) is 0 Å². The standard InChI is InChI=1S/C17H27N7.ClH/c1-13(2)24-15(3-6-19-24)12-22-8-4-14(5-9-22)17-21-20-16-11-18-7-10-23(16)17;/h3,6,13-14,18H,4-5,7-12H2,1-2H3;1H. The SMILES string of the molecule is CC(C)n1nccc1CN1CCC(c2nnc3n2CCNC3)CC1.Cl. The van der Waals surface area contributed by atoms with Crippen LogP contribution in [0, 0.1) is 0 Å². The van der Waals surface area contributed by atoms with Crippen LogP contribution in [-0.2, 0) is 19.6 Å². The Morgan fingerprint density at radius 3 is 2.76 bits per heavy atom. The first-order chi connectivity index (χ1) is 11.7. The van der Waals surface area contributed by atoms with Crippen molar-refractivity contribution >= 4 is 12.4 Å². The van der Waals surface area contributed by atoms with Crippen molar-refractivity contribution in [1.29, 1.82) is 0 Å². The molecule has 0 unspecified atom stereocenters. The van der Waals surface area contributed by atoms with E-state index in [9.17, 15) is 0 Å². The van der Waals surface area contributed by atoms with Gasteiger partial charge >= 0.3 is 0 Å². The maximum atomic E-state index is 4.50. The second kappa shape index (κ2) is 7.85. The molecule has 4 rings (SSSR count). The van der Waals surface area contributed by atoms with Crippen LogP contribution in [0.25, 0.3) is 0 Å². The van der Waals surface area contributed by atoms with Crippen molar-refractivity contribution in [3.63, 3.8) is 0 Å². The van der Waals surface area contributed by atoms with Crippen LogP contribution in [0.4, 0.5) is 0 Å². The molecule has 2 aliphatic heterocycles. The van der Waals surface area contributed by atoms with E-state index < -0.39 is 0 Å². The Kier molecular flexibility index (Phi) is 5.76. The molecule has 1 N–H and O–H groups in total. The molecule has 1 saturated heterocycles. The largest absolute Gasteiger partial charge is 0.312 e. The van der Waals surface area contributed by atoms with Crippen molar-refractivity contribution in [2.75, 3.05) is 19.6 Å². The Morgan fingerprint density at radius 1 is 1.20 bits per heavy atom. The minimum Gasteiger partial charge on any atom is -0.312 e. The summed E-state index contributed by atoms with van der Waals surface area (Å²) in [6.45, 7) is 10.5. The third kappa shape index (κ3) is 3.73. The summed E-state index contributed by atoms with van der Waals surface area (Å²) in [4.78, 5) is 2.54. The number of halogens is 1. The van der Waals surface area contributed by atoms with E-state index in [2.05, 4.69) is 54.7 Å². The van der Waals surface area contributed by atoms with E-state index in [1.807, 2.05) is 6.20 Å². The van der Waals surface area contributed by atoms with Gasteiger partial charge in [-0.15, -0.1) is 22.6 Å². The average molecular weight is 366 g/mol. The van der Waals surface area contributed by atoms with Crippen LogP contribution in [0.15, 0.2) is 12.3 Å². The quantitative estimate of drug-likeness (QED) is 0.897. The van der Waals surface area contributed by atoms with Gasteiger partial charge in [0.05, 0.1) is 12.2 Å². The van der Waals surface area contributed by atoms with Gasteiger partial charge in [0, 0.05) is 37.8 Å². The van der Waals surface area contributed by atoms with Crippen LogP contribution >= 0.6 is 12.4 Å². The molecule has 25 heavy (non-hydrogen) atoms. The summed E-state index contributed by atoms with van der Waals surface area (Å²) < 4.78 is 4.47. The monoisotopic (exact) mass is 365 g/mol. The number of rotatable bonds is 4. The molecule has 138 valence electrons. The van der Waals surface area contributed by atoms with Crippen LogP contribution in [0.5, 0.6) is 0 Å². The van der Waals surface area contributed by atoms with Gasteiger partial charge in [-0.05, 0) is 45.8 Å². The summed E-state index contributed by atoms with van der Waals surface area (Å²) in [6.07, 6.45) is 4.25. The van der Waals surface area contributed by atoms with Crippen LogP contribution in [0.2, 0.25) is 0 Å². The zero-order valence-electron chi connectivity index (χ0n) is 15.1. The van der Waals surface area contributed by atoms with Crippen LogP contribution in [-0.4, -0.2) is 49.1 Å². The third-order valence-corrected chi connectivity index (χ3v) is 5.23. The van der Waals surface area contributed by atoms with Gasteiger partial charge in [0.2, 0.25) is 0 Å². The van der Waals surface area contributed by atoms with Crippen LogP contribution in [0.1, 0.15) is 56.0 Å². The number of aromatic nitrogens is 5. The minimum atomic E-state index is 0. The number of nitrogens with one attached hydrogen (secondary N) is 1.